The predicted octanol–water partition coefficient (Wildman–Crippen LogP) is 3.31. The Hall–Kier alpha value is -3.14. The van der Waals surface area contributed by atoms with E-state index < -0.39 is 0 Å². The predicted molar refractivity (Wildman–Crippen MR) is 109 cm³/mol. The van der Waals surface area contributed by atoms with Crippen molar-refractivity contribution in [2.75, 3.05) is 5.75 Å². The van der Waals surface area contributed by atoms with Crippen LogP contribution < -0.4 is 0 Å². The van der Waals surface area contributed by atoms with Gasteiger partial charge < -0.3 is 8.83 Å². The fourth-order valence-corrected chi connectivity index (χ4v) is 4.73. The molecular weight excluding hydrogens is 404 g/mol. The number of nitrogens with zero attached hydrogens (tertiary/aromatic N) is 6. The van der Waals surface area contributed by atoms with Crippen molar-refractivity contribution in [2.45, 2.75) is 30.5 Å². The molecule has 154 valence electrons. The summed E-state index contributed by atoms with van der Waals surface area (Å²) in [6, 6.07) is 7.29. The van der Waals surface area contributed by atoms with E-state index in [0.717, 1.165) is 42.1 Å². The van der Waals surface area contributed by atoms with E-state index in [1.54, 1.807) is 29.3 Å². The minimum Gasteiger partial charge on any atom is -0.467 e. The highest BCUT2D eigenvalue weighted by Gasteiger charge is 2.45. The number of carbonyl (C=O) groups excluding carboxylic acids is 1. The summed E-state index contributed by atoms with van der Waals surface area (Å²) in [5.41, 5.74) is 2.05. The SMILES string of the molecule is Cn1nnnc1SCC(=O)N1N=C2C(=Cc3ccco3)CCCC2C1c1ccco1. The third-order valence-electron chi connectivity index (χ3n) is 5.36. The molecule has 9 nitrogen and oxygen atoms in total. The summed E-state index contributed by atoms with van der Waals surface area (Å²) in [6.45, 7) is 0. The number of thioether (sulfide) groups is 1. The molecule has 2 atom stereocenters. The van der Waals surface area contributed by atoms with Gasteiger partial charge >= 0.3 is 0 Å². The van der Waals surface area contributed by atoms with Crippen molar-refractivity contribution in [1.29, 1.82) is 0 Å². The van der Waals surface area contributed by atoms with Crippen molar-refractivity contribution in [3.63, 3.8) is 0 Å². The summed E-state index contributed by atoms with van der Waals surface area (Å²) >= 11 is 1.29. The Morgan fingerprint density at radius 1 is 1.30 bits per heavy atom. The number of aryl methyl sites for hydroxylation is 1. The lowest BCUT2D eigenvalue weighted by Crippen LogP contribution is -2.32. The number of allylic oxidation sites excluding steroid dienone is 1. The molecule has 1 aliphatic heterocycles. The van der Waals surface area contributed by atoms with Crippen LogP contribution in [-0.2, 0) is 11.8 Å². The van der Waals surface area contributed by atoms with Crippen molar-refractivity contribution < 1.29 is 13.6 Å². The Labute approximate surface area is 176 Å². The minimum atomic E-state index is -0.249. The molecule has 0 aromatic carbocycles. The summed E-state index contributed by atoms with van der Waals surface area (Å²) < 4.78 is 12.7. The Morgan fingerprint density at radius 3 is 2.90 bits per heavy atom. The summed E-state index contributed by atoms with van der Waals surface area (Å²) in [5.74, 6) is 1.71. The molecule has 0 spiro atoms. The van der Waals surface area contributed by atoms with Crippen LogP contribution in [0.15, 0.2) is 61.5 Å². The van der Waals surface area contributed by atoms with Gasteiger partial charge in [0.15, 0.2) is 0 Å². The first-order chi connectivity index (χ1) is 14.7. The second-order valence-electron chi connectivity index (χ2n) is 7.24. The van der Waals surface area contributed by atoms with Gasteiger partial charge in [0.05, 0.1) is 24.0 Å². The Bertz CT molecular complexity index is 1090. The number of carbonyl (C=O) groups is 1. The number of amides is 1. The molecule has 0 saturated heterocycles. The van der Waals surface area contributed by atoms with Crippen LogP contribution in [0.4, 0.5) is 0 Å². The second kappa shape index (κ2) is 7.94. The first kappa shape index (κ1) is 18.9. The maximum absolute atomic E-state index is 13.2. The molecule has 1 amide bonds. The highest BCUT2D eigenvalue weighted by atomic mass is 32.2. The normalized spacial score (nSPS) is 22.4. The molecule has 0 bridgehead atoms. The first-order valence-corrected chi connectivity index (χ1v) is 10.7. The van der Waals surface area contributed by atoms with Crippen LogP contribution in [-0.4, -0.2) is 42.6 Å². The monoisotopic (exact) mass is 424 g/mol. The molecule has 3 aromatic rings. The Kier molecular flexibility index (Phi) is 4.99. The van der Waals surface area contributed by atoms with Gasteiger partial charge in [0.25, 0.3) is 5.91 Å². The highest BCUT2D eigenvalue weighted by molar-refractivity contribution is 7.99. The zero-order chi connectivity index (χ0) is 20.5. The van der Waals surface area contributed by atoms with Crippen LogP contribution in [0.2, 0.25) is 0 Å². The number of hydrogen-bond acceptors (Lipinski definition) is 8. The van der Waals surface area contributed by atoms with Crippen LogP contribution in [0, 0.1) is 5.92 Å². The summed E-state index contributed by atoms with van der Waals surface area (Å²) in [7, 11) is 1.74. The van der Waals surface area contributed by atoms with Crippen molar-refractivity contribution in [2.24, 2.45) is 18.1 Å². The third kappa shape index (κ3) is 3.47. The lowest BCUT2D eigenvalue weighted by Gasteiger charge is -2.27. The molecule has 1 saturated carbocycles. The topological polar surface area (TPSA) is 103 Å². The fraction of sp³-hybridized carbons (Fsp3) is 0.350. The lowest BCUT2D eigenvalue weighted by atomic mass is 9.79. The van der Waals surface area contributed by atoms with E-state index in [4.69, 9.17) is 13.9 Å². The van der Waals surface area contributed by atoms with E-state index in [0.29, 0.717) is 5.16 Å². The molecular formula is C20H20N6O3S. The van der Waals surface area contributed by atoms with Crippen molar-refractivity contribution >= 4 is 29.5 Å². The number of hydrogen-bond donors (Lipinski definition) is 0. The van der Waals surface area contributed by atoms with E-state index in [1.807, 2.05) is 30.3 Å². The van der Waals surface area contributed by atoms with Gasteiger partial charge in [0.2, 0.25) is 5.16 Å². The Balaban J connectivity index is 1.45. The number of fused-ring (bicyclic) bond motifs is 1. The minimum absolute atomic E-state index is 0.0940. The number of rotatable bonds is 5. The average molecular weight is 424 g/mol. The summed E-state index contributed by atoms with van der Waals surface area (Å²) in [6.07, 6.45) is 8.20. The van der Waals surface area contributed by atoms with E-state index in [2.05, 4.69) is 15.5 Å². The zero-order valence-corrected chi connectivity index (χ0v) is 17.2. The van der Waals surface area contributed by atoms with E-state index in [1.165, 1.54) is 11.8 Å². The average Bonchev–Trinajstić information content (AvgIpc) is 3.53. The molecule has 2 aliphatic rings. The standard InChI is InChI=1S/C20H20N6O3S/c1-25-20(21-23-24-25)30-12-17(27)26-19(16-8-4-10-29-16)15-7-2-5-13(18(15)22-26)11-14-6-3-9-28-14/h3-4,6,8-11,15,19H,2,5,7,12H2,1H3. The largest absolute Gasteiger partial charge is 0.467 e. The van der Waals surface area contributed by atoms with Gasteiger partial charge in [-0.2, -0.15) is 5.10 Å². The molecule has 30 heavy (non-hydrogen) atoms. The zero-order valence-electron chi connectivity index (χ0n) is 16.3. The van der Waals surface area contributed by atoms with Crippen LogP contribution in [0.5, 0.6) is 0 Å². The second-order valence-corrected chi connectivity index (χ2v) is 8.18. The molecule has 4 heterocycles. The van der Waals surface area contributed by atoms with Gasteiger partial charge in [0, 0.05) is 13.0 Å². The van der Waals surface area contributed by atoms with Gasteiger partial charge in [-0.15, -0.1) is 5.10 Å². The first-order valence-electron chi connectivity index (χ1n) is 9.74. The van der Waals surface area contributed by atoms with Gasteiger partial charge in [-0.1, -0.05) is 11.8 Å². The van der Waals surface area contributed by atoms with Crippen molar-refractivity contribution in [1.82, 2.24) is 25.2 Å². The van der Waals surface area contributed by atoms with Gasteiger partial charge in [-0.05, 0) is 65.6 Å². The third-order valence-corrected chi connectivity index (χ3v) is 6.35. The molecule has 0 N–H and O–H groups in total. The molecule has 0 radical (unpaired) electrons. The van der Waals surface area contributed by atoms with Gasteiger partial charge in [0.1, 0.15) is 17.6 Å². The van der Waals surface area contributed by atoms with Crippen LogP contribution in [0.25, 0.3) is 6.08 Å². The summed E-state index contributed by atoms with van der Waals surface area (Å²) in [5, 5.41) is 18.3. The maximum Gasteiger partial charge on any atom is 0.253 e. The molecule has 2 unspecified atom stereocenters. The Morgan fingerprint density at radius 2 is 2.17 bits per heavy atom. The molecule has 1 aliphatic carbocycles. The smallest absolute Gasteiger partial charge is 0.253 e. The number of tetrazole rings is 1. The molecule has 1 fully saturated rings. The van der Waals surface area contributed by atoms with E-state index in [-0.39, 0.29) is 23.6 Å². The van der Waals surface area contributed by atoms with Gasteiger partial charge in [-0.3, -0.25) is 4.79 Å². The van der Waals surface area contributed by atoms with E-state index >= 15 is 0 Å². The van der Waals surface area contributed by atoms with Gasteiger partial charge in [-0.25, -0.2) is 9.69 Å². The summed E-state index contributed by atoms with van der Waals surface area (Å²) in [4.78, 5) is 13.2. The molecule has 10 heteroatoms. The fourth-order valence-electron chi connectivity index (χ4n) is 4.03. The number of aromatic nitrogens is 4. The van der Waals surface area contributed by atoms with E-state index in [9.17, 15) is 4.79 Å². The number of hydrazone groups is 1. The number of furan rings is 2. The molecule has 5 rings (SSSR count). The van der Waals surface area contributed by atoms with Crippen LogP contribution >= 0.6 is 11.8 Å². The van der Waals surface area contributed by atoms with Crippen LogP contribution in [0.3, 0.4) is 0 Å². The lowest BCUT2D eigenvalue weighted by molar-refractivity contribution is -0.131. The van der Waals surface area contributed by atoms with Crippen molar-refractivity contribution in [3.8, 4) is 0 Å². The van der Waals surface area contributed by atoms with Crippen molar-refractivity contribution in [3.05, 3.63) is 53.9 Å². The molecule has 3 aromatic heterocycles. The van der Waals surface area contributed by atoms with Crippen LogP contribution in [0.1, 0.15) is 36.8 Å². The maximum atomic E-state index is 13.2. The highest BCUT2D eigenvalue weighted by Crippen LogP contribution is 2.44. The quantitative estimate of drug-likeness (QED) is 0.579.